The summed E-state index contributed by atoms with van der Waals surface area (Å²) in [6, 6.07) is 14.3. The summed E-state index contributed by atoms with van der Waals surface area (Å²) in [4.78, 5) is 12.6. The lowest BCUT2D eigenvalue weighted by Crippen LogP contribution is -2.29. The number of rotatable bonds is 3. The number of nitrogens with one attached hydrogen (secondary N) is 2. The van der Waals surface area contributed by atoms with Crippen LogP contribution in [-0.2, 0) is 0 Å². The fourth-order valence-corrected chi connectivity index (χ4v) is 3.59. The van der Waals surface area contributed by atoms with Crippen molar-refractivity contribution in [1.29, 1.82) is 0 Å². The van der Waals surface area contributed by atoms with Crippen LogP contribution < -0.4 is 15.6 Å². The van der Waals surface area contributed by atoms with Gasteiger partial charge in [-0.3, -0.25) is 4.79 Å². The molecule has 0 saturated heterocycles. The average Bonchev–Trinajstić information content (AvgIpc) is 3.22. The molecule has 144 valence electrons. The number of methoxy groups -OCH3 is 1. The number of aromatic amines is 1. The zero-order valence-electron chi connectivity index (χ0n) is 15.1. The van der Waals surface area contributed by atoms with Gasteiger partial charge in [0, 0.05) is 16.1 Å². The highest BCUT2D eigenvalue weighted by Crippen LogP contribution is 2.41. The van der Waals surface area contributed by atoms with Gasteiger partial charge in [0.2, 0.25) is 5.95 Å². The minimum atomic E-state index is -0.456. The summed E-state index contributed by atoms with van der Waals surface area (Å²) in [7, 11) is 1.61. The first kappa shape index (κ1) is 17.4. The van der Waals surface area contributed by atoms with Crippen LogP contribution in [0.25, 0.3) is 11.3 Å². The SMILES string of the molecule is COc1ccc([C@@H]2c3c(-c4ccc(Cl)cc4)n[nH]c(=O)c3Nc3nnnn32)cc1. The predicted octanol–water partition coefficient (Wildman–Crippen LogP) is 2.78. The summed E-state index contributed by atoms with van der Waals surface area (Å²) >= 11 is 6.04. The highest BCUT2D eigenvalue weighted by Gasteiger charge is 2.34. The summed E-state index contributed by atoms with van der Waals surface area (Å²) in [5.74, 6) is 1.10. The largest absolute Gasteiger partial charge is 0.497 e. The average molecular weight is 408 g/mol. The number of H-pyrrole nitrogens is 1. The van der Waals surface area contributed by atoms with E-state index < -0.39 is 6.04 Å². The van der Waals surface area contributed by atoms with Crippen LogP contribution in [0.2, 0.25) is 5.02 Å². The topological polar surface area (TPSA) is 111 Å². The Hall–Kier alpha value is -3.72. The lowest BCUT2D eigenvalue weighted by molar-refractivity contribution is 0.414. The highest BCUT2D eigenvalue weighted by atomic mass is 35.5. The van der Waals surface area contributed by atoms with Gasteiger partial charge in [0.15, 0.2) is 0 Å². The minimum Gasteiger partial charge on any atom is -0.497 e. The molecule has 0 saturated carbocycles. The molecule has 0 bridgehead atoms. The van der Waals surface area contributed by atoms with Gasteiger partial charge in [-0.05, 0) is 40.3 Å². The minimum absolute atomic E-state index is 0.355. The van der Waals surface area contributed by atoms with Crippen LogP contribution in [0, 0.1) is 0 Å². The molecule has 0 radical (unpaired) electrons. The maximum Gasteiger partial charge on any atom is 0.288 e. The zero-order chi connectivity index (χ0) is 20.0. The van der Waals surface area contributed by atoms with Crippen molar-refractivity contribution in [1.82, 2.24) is 30.4 Å². The van der Waals surface area contributed by atoms with Crippen molar-refractivity contribution in [3.05, 3.63) is 75.0 Å². The van der Waals surface area contributed by atoms with Crippen LogP contribution in [0.4, 0.5) is 11.6 Å². The molecular formula is C19H14ClN7O2. The monoisotopic (exact) mass is 407 g/mol. The Morgan fingerprint density at radius 1 is 1.10 bits per heavy atom. The van der Waals surface area contributed by atoms with Crippen LogP contribution in [0.15, 0.2) is 53.3 Å². The molecule has 9 nitrogen and oxygen atoms in total. The summed E-state index contributed by atoms with van der Waals surface area (Å²) < 4.78 is 6.89. The number of aromatic nitrogens is 6. The van der Waals surface area contributed by atoms with Gasteiger partial charge in [0.1, 0.15) is 17.5 Å². The number of benzene rings is 2. The van der Waals surface area contributed by atoms with E-state index in [2.05, 4.69) is 31.0 Å². The van der Waals surface area contributed by atoms with Crippen LogP contribution in [-0.4, -0.2) is 37.5 Å². The van der Waals surface area contributed by atoms with Gasteiger partial charge in [0.25, 0.3) is 5.56 Å². The van der Waals surface area contributed by atoms with E-state index in [4.69, 9.17) is 16.3 Å². The van der Waals surface area contributed by atoms with Gasteiger partial charge in [-0.25, -0.2) is 5.10 Å². The molecule has 0 fully saturated rings. The van der Waals surface area contributed by atoms with E-state index in [1.54, 1.807) is 23.9 Å². The number of halogens is 1. The third kappa shape index (κ3) is 2.83. The number of hydrogen-bond donors (Lipinski definition) is 2. The van der Waals surface area contributed by atoms with Crippen LogP contribution in [0.1, 0.15) is 17.2 Å². The summed E-state index contributed by atoms with van der Waals surface area (Å²) in [5.41, 5.74) is 2.95. The van der Waals surface area contributed by atoms with Crippen molar-refractivity contribution >= 4 is 23.2 Å². The van der Waals surface area contributed by atoms with E-state index in [9.17, 15) is 4.79 Å². The fourth-order valence-electron chi connectivity index (χ4n) is 3.46. The molecule has 0 unspecified atom stereocenters. The second-order valence-corrected chi connectivity index (χ2v) is 6.88. The molecule has 5 rings (SSSR count). The molecule has 2 aromatic heterocycles. The quantitative estimate of drug-likeness (QED) is 0.473. The molecule has 2 N–H and O–H groups in total. The molecule has 1 aliphatic rings. The fraction of sp³-hybridized carbons (Fsp3) is 0.105. The van der Waals surface area contributed by atoms with Crippen molar-refractivity contribution in [3.63, 3.8) is 0 Å². The molecule has 0 spiro atoms. The summed E-state index contributed by atoms with van der Waals surface area (Å²) in [5, 5.41) is 22.4. The molecule has 0 aliphatic carbocycles. The van der Waals surface area contributed by atoms with Gasteiger partial charge in [0.05, 0.1) is 12.8 Å². The van der Waals surface area contributed by atoms with Crippen LogP contribution in [0.3, 0.4) is 0 Å². The van der Waals surface area contributed by atoms with Crippen LogP contribution >= 0.6 is 11.6 Å². The second kappa shape index (κ2) is 6.71. The second-order valence-electron chi connectivity index (χ2n) is 6.44. The van der Waals surface area contributed by atoms with Crippen molar-refractivity contribution < 1.29 is 4.74 Å². The number of tetrazole rings is 1. The van der Waals surface area contributed by atoms with E-state index in [1.165, 1.54) is 0 Å². The van der Waals surface area contributed by atoms with Crippen molar-refractivity contribution in [2.45, 2.75) is 6.04 Å². The Morgan fingerprint density at radius 2 is 1.86 bits per heavy atom. The van der Waals surface area contributed by atoms with Crippen molar-refractivity contribution in [3.8, 4) is 17.0 Å². The molecule has 3 heterocycles. The first-order valence-electron chi connectivity index (χ1n) is 8.73. The highest BCUT2D eigenvalue weighted by molar-refractivity contribution is 6.30. The molecule has 1 aliphatic heterocycles. The third-order valence-electron chi connectivity index (χ3n) is 4.82. The van der Waals surface area contributed by atoms with Gasteiger partial charge in [-0.1, -0.05) is 41.0 Å². The molecule has 1 atom stereocenters. The summed E-state index contributed by atoms with van der Waals surface area (Å²) in [6.45, 7) is 0. The zero-order valence-corrected chi connectivity index (χ0v) is 15.9. The number of nitrogens with zero attached hydrogens (tertiary/aromatic N) is 5. The Bertz CT molecular complexity index is 1250. The Kier molecular flexibility index (Phi) is 4.02. The van der Waals surface area contributed by atoms with Crippen LogP contribution in [0.5, 0.6) is 5.75 Å². The maximum atomic E-state index is 12.6. The normalized spacial score (nSPS) is 14.6. The van der Waals surface area contributed by atoms with E-state index in [1.807, 2.05) is 36.4 Å². The summed E-state index contributed by atoms with van der Waals surface area (Å²) in [6.07, 6.45) is 0. The lowest BCUT2D eigenvalue weighted by Gasteiger charge is -2.27. The first-order chi connectivity index (χ1) is 14.2. The first-order valence-corrected chi connectivity index (χ1v) is 9.11. The Balaban J connectivity index is 1.78. The molecule has 29 heavy (non-hydrogen) atoms. The Labute approximate surface area is 169 Å². The molecule has 0 amide bonds. The van der Waals surface area contributed by atoms with Gasteiger partial charge in [-0.15, -0.1) is 0 Å². The van der Waals surface area contributed by atoms with E-state index >= 15 is 0 Å². The number of fused-ring (bicyclic) bond motifs is 2. The van der Waals surface area contributed by atoms with Crippen molar-refractivity contribution in [2.24, 2.45) is 0 Å². The number of anilines is 2. The molecule has 10 heteroatoms. The number of ether oxygens (including phenoxy) is 1. The molecule has 4 aromatic rings. The Morgan fingerprint density at radius 3 is 2.59 bits per heavy atom. The maximum absolute atomic E-state index is 12.6. The lowest BCUT2D eigenvalue weighted by atomic mass is 9.92. The molecule has 2 aromatic carbocycles. The number of hydrogen-bond acceptors (Lipinski definition) is 7. The van der Waals surface area contributed by atoms with E-state index in [-0.39, 0.29) is 5.56 Å². The third-order valence-corrected chi connectivity index (χ3v) is 5.07. The smallest absolute Gasteiger partial charge is 0.288 e. The standard InChI is InChI=1S/C19H14ClN7O2/c1-29-13-8-4-11(5-9-13)17-14-15(10-2-6-12(20)7-3-10)22-23-18(28)16(14)21-19-24-25-26-27(17)19/h2-9,17H,1H3,(H,23,28)(H,21,24,26)/t17-/m1/s1. The van der Waals surface area contributed by atoms with Gasteiger partial charge in [-0.2, -0.15) is 9.78 Å². The van der Waals surface area contributed by atoms with E-state index in [0.29, 0.717) is 27.9 Å². The van der Waals surface area contributed by atoms with E-state index in [0.717, 1.165) is 16.9 Å². The van der Waals surface area contributed by atoms with Gasteiger partial charge >= 0.3 is 0 Å². The predicted molar refractivity (Wildman–Crippen MR) is 107 cm³/mol. The van der Waals surface area contributed by atoms with Gasteiger partial charge < -0.3 is 10.1 Å². The molecular weight excluding hydrogens is 394 g/mol. The van der Waals surface area contributed by atoms with Crippen molar-refractivity contribution in [2.75, 3.05) is 12.4 Å².